The molecule has 3 aliphatic rings. The van der Waals surface area contributed by atoms with E-state index in [1.54, 1.807) is 4.90 Å². The molecule has 160 valence electrons. The Kier molecular flexibility index (Phi) is 5.12. The summed E-state index contributed by atoms with van der Waals surface area (Å²) in [6, 6.07) is 17.9. The number of aryl methyl sites for hydroxylation is 1. The van der Waals surface area contributed by atoms with Gasteiger partial charge in [0, 0.05) is 5.56 Å². The first-order valence-electron chi connectivity index (χ1n) is 11.4. The van der Waals surface area contributed by atoms with Gasteiger partial charge in [0.05, 0.1) is 6.04 Å². The van der Waals surface area contributed by atoms with E-state index in [-0.39, 0.29) is 24.4 Å². The lowest BCUT2D eigenvalue weighted by Gasteiger charge is -2.40. The molecule has 31 heavy (non-hydrogen) atoms. The van der Waals surface area contributed by atoms with Crippen LogP contribution in [0.3, 0.4) is 0 Å². The van der Waals surface area contributed by atoms with Gasteiger partial charge in [0.15, 0.2) is 0 Å². The molecule has 5 nitrogen and oxygen atoms in total. The molecule has 5 heteroatoms. The van der Waals surface area contributed by atoms with Gasteiger partial charge < -0.3 is 10.2 Å². The van der Waals surface area contributed by atoms with Crippen molar-refractivity contribution in [3.63, 3.8) is 0 Å². The van der Waals surface area contributed by atoms with Crippen LogP contribution in [-0.2, 0) is 16.0 Å². The Balaban J connectivity index is 1.37. The van der Waals surface area contributed by atoms with Crippen LogP contribution in [0.1, 0.15) is 61.8 Å². The molecule has 0 unspecified atom stereocenters. The summed E-state index contributed by atoms with van der Waals surface area (Å²) in [7, 11) is 0. The van der Waals surface area contributed by atoms with Crippen molar-refractivity contribution in [2.75, 3.05) is 6.54 Å². The van der Waals surface area contributed by atoms with Crippen LogP contribution < -0.4 is 5.32 Å². The van der Waals surface area contributed by atoms with Gasteiger partial charge in [-0.3, -0.25) is 14.6 Å². The van der Waals surface area contributed by atoms with Gasteiger partial charge in [0.2, 0.25) is 5.91 Å². The zero-order valence-electron chi connectivity index (χ0n) is 18.0. The van der Waals surface area contributed by atoms with E-state index in [2.05, 4.69) is 24.4 Å². The van der Waals surface area contributed by atoms with E-state index in [9.17, 15) is 9.59 Å². The number of hydrogen-bond acceptors (Lipinski definition) is 3. The van der Waals surface area contributed by atoms with Crippen molar-refractivity contribution in [3.05, 3.63) is 71.3 Å². The molecule has 2 aromatic carbocycles. The van der Waals surface area contributed by atoms with E-state index >= 15 is 0 Å². The molecule has 0 bridgehead atoms. The molecule has 1 heterocycles. The van der Waals surface area contributed by atoms with Crippen molar-refractivity contribution in [1.29, 1.82) is 0 Å². The summed E-state index contributed by atoms with van der Waals surface area (Å²) in [5.41, 5.74) is 3.25. The first-order chi connectivity index (χ1) is 15.1. The summed E-state index contributed by atoms with van der Waals surface area (Å²) < 4.78 is 0. The highest BCUT2D eigenvalue weighted by Gasteiger charge is 2.49. The zero-order valence-corrected chi connectivity index (χ0v) is 18.0. The highest BCUT2D eigenvalue weighted by atomic mass is 16.2. The molecule has 1 aliphatic heterocycles. The van der Waals surface area contributed by atoms with Gasteiger partial charge in [-0.25, -0.2) is 0 Å². The van der Waals surface area contributed by atoms with Crippen molar-refractivity contribution in [3.8, 4) is 0 Å². The number of aliphatic imine (C=N–C) groups is 1. The van der Waals surface area contributed by atoms with Gasteiger partial charge in [-0.2, -0.15) is 0 Å². The average molecular weight is 416 g/mol. The number of nitrogens with one attached hydrogen (secondary N) is 1. The quantitative estimate of drug-likeness (QED) is 0.820. The monoisotopic (exact) mass is 415 g/mol. The first kappa shape index (κ1) is 20.0. The average Bonchev–Trinajstić information content (AvgIpc) is 3.31. The van der Waals surface area contributed by atoms with Gasteiger partial charge in [-0.05, 0) is 55.6 Å². The third-order valence-electron chi connectivity index (χ3n) is 7.16. The predicted octanol–water partition coefficient (Wildman–Crippen LogP) is 4.03. The van der Waals surface area contributed by atoms with Crippen LogP contribution in [0.4, 0.5) is 0 Å². The van der Waals surface area contributed by atoms with Crippen LogP contribution in [-0.4, -0.2) is 34.6 Å². The number of hydrogen-bond donors (Lipinski definition) is 1. The lowest BCUT2D eigenvalue weighted by atomic mass is 9.82. The number of carbonyl (C=O) groups is 2. The Labute approximate surface area is 183 Å². The normalized spacial score (nSPS) is 27.3. The minimum atomic E-state index is -0.584. The summed E-state index contributed by atoms with van der Waals surface area (Å²) in [5.74, 6) is 0.405. The molecule has 1 fully saturated rings. The maximum Gasteiger partial charge on any atom is 0.275 e. The smallest absolute Gasteiger partial charge is 0.275 e. The van der Waals surface area contributed by atoms with E-state index in [0.29, 0.717) is 11.6 Å². The van der Waals surface area contributed by atoms with E-state index in [4.69, 9.17) is 4.99 Å². The first-order valence-corrected chi connectivity index (χ1v) is 11.4. The van der Waals surface area contributed by atoms with Crippen molar-refractivity contribution < 1.29 is 9.59 Å². The van der Waals surface area contributed by atoms with E-state index in [1.165, 1.54) is 11.1 Å². The van der Waals surface area contributed by atoms with Crippen molar-refractivity contribution in [2.24, 2.45) is 10.9 Å². The highest BCUT2D eigenvalue weighted by Crippen LogP contribution is 2.41. The molecule has 0 aromatic heterocycles. The number of rotatable bonds is 4. The van der Waals surface area contributed by atoms with Gasteiger partial charge in [-0.1, -0.05) is 61.5 Å². The van der Waals surface area contributed by atoms with E-state index in [0.717, 1.165) is 44.1 Å². The molecular formula is C26H29N3O2. The van der Waals surface area contributed by atoms with Gasteiger partial charge >= 0.3 is 0 Å². The standard InChI is InChI=1S/C26H29N3O2/c1-18-13-15-26(16-14-18)28-24(20-8-3-2-4-9-20)25(31)29(26)17-23(30)27-22-12-11-19-7-5-6-10-21(19)22/h2-10,18,22H,11-17H2,1H3,(H,27,30)/t18?,22-,26?/m1/s1. The SMILES string of the molecule is CC1CCC2(CC1)N=C(c1ccccc1)C(=O)N2CC(=O)N[C@@H]1CCc2ccccc21. The fraction of sp³-hybridized carbons (Fsp3) is 0.423. The van der Waals surface area contributed by atoms with E-state index in [1.807, 2.05) is 42.5 Å². The topological polar surface area (TPSA) is 61.8 Å². The number of amides is 2. The molecule has 0 radical (unpaired) electrons. The second-order valence-corrected chi connectivity index (χ2v) is 9.24. The third-order valence-corrected chi connectivity index (χ3v) is 7.16. The Hall–Kier alpha value is -2.95. The molecule has 0 saturated heterocycles. The number of benzene rings is 2. The number of carbonyl (C=O) groups excluding carboxylic acids is 2. The minimum Gasteiger partial charge on any atom is -0.348 e. The molecule has 2 aromatic rings. The fourth-order valence-corrected chi connectivity index (χ4v) is 5.33. The van der Waals surface area contributed by atoms with Gasteiger partial charge in [-0.15, -0.1) is 0 Å². The molecule has 1 N–H and O–H groups in total. The van der Waals surface area contributed by atoms with Crippen LogP contribution >= 0.6 is 0 Å². The van der Waals surface area contributed by atoms with Crippen LogP contribution in [0.2, 0.25) is 0 Å². The molecule has 5 rings (SSSR count). The van der Waals surface area contributed by atoms with Crippen LogP contribution in [0.15, 0.2) is 59.6 Å². The summed E-state index contributed by atoms with van der Waals surface area (Å²) >= 11 is 0. The Morgan fingerprint density at radius 3 is 2.55 bits per heavy atom. The maximum atomic E-state index is 13.4. The highest BCUT2D eigenvalue weighted by molar-refractivity contribution is 6.47. The summed E-state index contributed by atoms with van der Waals surface area (Å²) in [5, 5.41) is 3.18. The minimum absolute atomic E-state index is 0.0262. The van der Waals surface area contributed by atoms with Crippen molar-refractivity contribution in [2.45, 2.75) is 57.2 Å². The predicted molar refractivity (Wildman–Crippen MR) is 121 cm³/mol. The summed E-state index contributed by atoms with van der Waals surface area (Å²) in [6.07, 6.45) is 5.56. The van der Waals surface area contributed by atoms with Gasteiger partial charge in [0.25, 0.3) is 5.91 Å². The fourth-order valence-electron chi connectivity index (χ4n) is 5.33. The molecule has 2 aliphatic carbocycles. The summed E-state index contributed by atoms with van der Waals surface area (Å²) in [6.45, 7) is 2.31. The Morgan fingerprint density at radius 2 is 1.77 bits per heavy atom. The largest absolute Gasteiger partial charge is 0.348 e. The second-order valence-electron chi connectivity index (χ2n) is 9.24. The number of fused-ring (bicyclic) bond motifs is 1. The summed E-state index contributed by atoms with van der Waals surface area (Å²) in [4.78, 5) is 33.3. The zero-order chi connectivity index (χ0) is 21.4. The Bertz CT molecular complexity index is 1020. The third kappa shape index (κ3) is 3.67. The molecular weight excluding hydrogens is 386 g/mol. The van der Waals surface area contributed by atoms with Crippen LogP contribution in [0, 0.1) is 5.92 Å². The molecule has 1 atom stereocenters. The lowest BCUT2D eigenvalue weighted by Crippen LogP contribution is -2.52. The second kappa shape index (κ2) is 7.95. The van der Waals surface area contributed by atoms with Crippen LogP contribution in [0.5, 0.6) is 0 Å². The van der Waals surface area contributed by atoms with Gasteiger partial charge in [0.1, 0.15) is 17.9 Å². The lowest BCUT2D eigenvalue weighted by molar-refractivity contribution is -0.136. The van der Waals surface area contributed by atoms with E-state index < -0.39 is 5.66 Å². The number of nitrogens with zero attached hydrogens (tertiary/aromatic N) is 2. The van der Waals surface area contributed by atoms with Crippen molar-refractivity contribution in [1.82, 2.24) is 10.2 Å². The van der Waals surface area contributed by atoms with Crippen LogP contribution in [0.25, 0.3) is 0 Å². The molecule has 2 amide bonds. The molecule has 1 spiro atoms. The Morgan fingerprint density at radius 1 is 1.06 bits per heavy atom. The molecule has 1 saturated carbocycles. The van der Waals surface area contributed by atoms with Crippen molar-refractivity contribution >= 4 is 17.5 Å². The maximum absolute atomic E-state index is 13.4.